The lowest BCUT2D eigenvalue weighted by Crippen LogP contribution is -2.66. The number of benzene rings is 1. The topological polar surface area (TPSA) is 415 Å². The van der Waals surface area contributed by atoms with Gasteiger partial charge in [-0.3, -0.25) is 42.9 Å². The number of nitrogens with one attached hydrogen (secondary N) is 4. The van der Waals surface area contributed by atoms with Crippen LogP contribution in [0.1, 0.15) is 78.7 Å². The molecule has 2 fully saturated rings. The van der Waals surface area contributed by atoms with E-state index in [1.165, 1.54) is 31.3 Å². The van der Waals surface area contributed by atoms with Crippen LogP contribution in [-0.2, 0) is 73.9 Å². The highest BCUT2D eigenvalue weighted by atomic mass is 32.3. The van der Waals surface area contributed by atoms with E-state index in [1.54, 1.807) is 27.7 Å². The molecule has 0 spiro atoms. The normalized spacial score (nSPS) is 26.2. The molecule has 2 aliphatic rings. The summed E-state index contributed by atoms with van der Waals surface area (Å²) in [4.78, 5) is 106. The molecule has 2 aliphatic heterocycles. The number of phenols is 1. The molecule has 3 rings (SSSR count). The molecule has 29 heteroatoms. The SMILES string of the molecule is CC[C@H](C)C1C(=O)N(C)[C@@H](Cc2ccc(O)cc2)C(=O)N[C@@H]([C@@H](C)CC)C(=O)O[C@H](C)C(NC(=O)[C@@H](COS(=O)(=O)O)OS(=O)(=O)O)C(=O)NC(CCCN=C(N)N)C(=O)N[C@H]2CC[C@@H](O)N1C2=O. The van der Waals surface area contributed by atoms with Crippen LogP contribution in [0, 0.1) is 11.8 Å². The van der Waals surface area contributed by atoms with Gasteiger partial charge in [0.1, 0.15) is 60.9 Å². The van der Waals surface area contributed by atoms with E-state index in [2.05, 4.69) is 29.3 Å². The van der Waals surface area contributed by atoms with Crippen molar-refractivity contribution in [3.8, 4) is 5.75 Å². The summed E-state index contributed by atoms with van der Waals surface area (Å²) in [7, 11) is -9.68. The number of nitrogens with zero attached hydrogens (tertiary/aromatic N) is 3. The number of esters is 1. The highest BCUT2D eigenvalue weighted by molar-refractivity contribution is 7.81. The van der Waals surface area contributed by atoms with Crippen molar-refractivity contribution in [2.45, 2.75) is 134 Å². The Bertz CT molecular complexity index is 2270. The number of hydrogen-bond donors (Lipinski definition) is 10. The number of fused-ring (bicyclic) bond motifs is 2. The lowest BCUT2D eigenvalue weighted by atomic mass is 9.91. The summed E-state index contributed by atoms with van der Waals surface area (Å²) < 4.78 is 78.6. The summed E-state index contributed by atoms with van der Waals surface area (Å²) in [5.74, 6) is -9.74. The highest BCUT2D eigenvalue weighted by Crippen LogP contribution is 2.28. The predicted octanol–water partition coefficient (Wildman–Crippen LogP) is -2.89. The molecule has 388 valence electrons. The van der Waals surface area contributed by atoms with Gasteiger partial charge in [0.15, 0.2) is 12.1 Å². The van der Waals surface area contributed by atoms with E-state index in [-0.39, 0.29) is 63.2 Å². The number of cyclic esters (lactones) is 1. The van der Waals surface area contributed by atoms with Crippen molar-refractivity contribution in [1.82, 2.24) is 31.1 Å². The number of piperidine rings is 1. The summed E-state index contributed by atoms with van der Waals surface area (Å²) in [5.41, 5.74) is 11.3. The van der Waals surface area contributed by atoms with Gasteiger partial charge >= 0.3 is 26.8 Å². The van der Waals surface area contributed by atoms with Crippen molar-refractivity contribution in [1.29, 1.82) is 0 Å². The quantitative estimate of drug-likeness (QED) is 0.0246. The fourth-order valence-electron chi connectivity index (χ4n) is 7.48. The number of phenolic OH excluding ortho intramolecular Hbond substituents is 1. The van der Waals surface area contributed by atoms with Crippen LogP contribution >= 0.6 is 0 Å². The molecule has 69 heavy (non-hydrogen) atoms. The molecule has 2 bridgehead atoms. The average molecular weight is 1020 g/mol. The van der Waals surface area contributed by atoms with E-state index in [9.17, 15) is 65.2 Å². The van der Waals surface area contributed by atoms with Crippen LogP contribution in [0.5, 0.6) is 5.75 Å². The smallest absolute Gasteiger partial charge is 0.398 e. The van der Waals surface area contributed by atoms with Crippen LogP contribution in [0.4, 0.5) is 0 Å². The second-order valence-electron chi connectivity index (χ2n) is 16.8. The number of carbonyl (C=O) groups excluding carboxylic acids is 7. The fourth-order valence-corrected chi connectivity index (χ4v) is 8.21. The second-order valence-corrected chi connectivity index (χ2v) is 18.9. The molecule has 12 N–H and O–H groups in total. The molecule has 1 aromatic carbocycles. The van der Waals surface area contributed by atoms with Crippen molar-refractivity contribution < 1.29 is 82.8 Å². The lowest BCUT2D eigenvalue weighted by molar-refractivity contribution is -0.168. The molecule has 0 saturated carbocycles. The van der Waals surface area contributed by atoms with Gasteiger partial charge in [-0.2, -0.15) is 16.8 Å². The number of aliphatic hydroxyl groups excluding tert-OH is 1. The fraction of sp³-hybridized carbons (Fsp3) is 0.650. The van der Waals surface area contributed by atoms with Gasteiger partial charge in [-0.25, -0.2) is 13.2 Å². The zero-order chi connectivity index (χ0) is 52.1. The first-order chi connectivity index (χ1) is 32.1. The van der Waals surface area contributed by atoms with Crippen molar-refractivity contribution >= 4 is 68.2 Å². The van der Waals surface area contributed by atoms with Gasteiger partial charge in [0.25, 0.3) is 5.91 Å². The van der Waals surface area contributed by atoms with E-state index in [1.807, 2.05) is 5.32 Å². The summed E-state index contributed by atoms with van der Waals surface area (Å²) >= 11 is 0. The molecular formula is C40H63N9O18S2. The molecule has 2 saturated heterocycles. The van der Waals surface area contributed by atoms with Crippen molar-refractivity contribution in [2.75, 3.05) is 20.2 Å². The van der Waals surface area contributed by atoms with Crippen LogP contribution in [0.3, 0.4) is 0 Å². The van der Waals surface area contributed by atoms with E-state index in [0.29, 0.717) is 5.56 Å². The number of aliphatic hydroxyl groups is 1. The van der Waals surface area contributed by atoms with Crippen LogP contribution in [0.15, 0.2) is 29.3 Å². The zero-order valence-electron chi connectivity index (χ0n) is 38.8. The average Bonchev–Trinajstić information content (AvgIpc) is 3.26. The van der Waals surface area contributed by atoms with Gasteiger partial charge in [-0.15, -0.1) is 0 Å². The summed E-state index contributed by atoms with van der Waals surface area (Å²) in [6.07, 6.45) is -6.39. The van der Waals surface area contributed by atoms with Gasteiger partial charge in [0.2, 0.25) is 29.5 Å². The molecule has 0 aromatic heterocycles. The van der Waals surface area contributed by atoms with Gasteiger partial charge < -0.3 is 57.5 Å². The molecule has 0 radical (unpaired) electrons. The highest BCUT2D eigenvalue weighted by Gasteiger charge is 2.47. The third-order valence-electron chi connectivity index (χ3n) is 11.7. The van der Waals surface area contributed by atoms with E-state index >= 15 is 0 Å². The maximum Gasteiger partial charge on any atom is 0.398 e. The Morgan fingerprint density at radius 2 is 1.54 bits per heavy atom. The Balaban J connectivity index is 2.30. The van der Waals surface area contributed by atoms with Crippen LogP contribution in [-0.4, -0.2) is 168 Å². The Kier molecular flexibility index (Phi) is 21.1. The number of amides is 6. The molecule has 6 amide bonds. The van der Waals surface area contributed by atoms with E-state index in [4.69, 9.17) is 20.8 Å². The summed E-state index contributed by atoms with van der Waals surface area (Å²) in [6, 6.07) is -4.01. The minimum absolute atomic E-state index is 0.0168. The Morgan fingerprint density at radius 3 is 2.10 bits per heavy atom. The number of likely N-dealkylation sites (N-methyl/N-ethyl adjacent to an activating group) is 1. The van der Waals surface area contributed by atoms with Gasteiger partial charge in [0, 0.05) is 20.0 Å². The third kappa shape index (κ3) is 17.0. The van der Waals surface area contributed by atoms with E-state index in [0.717, 1.165) is 16.7 Å². The van der Waals surface area contributed by atoms with Crippen molar-refractivity contribution in [2.24, 2.45) is 28.3 Å². The molecule has 2 heterocycles. The van der Waals surface area contributed by atoms with Gasteiger partial charge in [0.05, 0.1) is 0 Å². The van der Waals surface area contributed by atoms with Crippen LogP contribution in [0.25, 0.3) is 0 Å². The van der Waals surface area contributed by atoms with E-state index < -0.39 is 135 Å². The number of guanidine groups is 1. The van der Waals surface area contributed by atoms with Gasteiger partial charge in [-0.05, 0) is 62.1 Å². The number of aliphatic imine (C=N–C) groups is 1. The van der Waals surface area contributed by atoms with Crippen LogP contribution in [0.2, 0.25) is 0 Å². The maximum atomic E-state index is 14.8. The monoisotopic (exact) mass is 1020 g/mol. The standard InChI is InChI=1S/C40H63N9O18S2/c1-7-20(3)30-39(58)66-22(5)31(47-35(54)28(67-69(62,63)64)19-65-68(59,60)61)36(55)44-25(10-9-17-43-40(41)42)33(52)45-26-15-16-29(51)49(37(26)56)32(21(4)8-2)38(57)48(6)27(34(53)46-30)18-23-11-13-24(50)14-12-23/h11-14,20-22,25-32,50-51H,7-10,15-19H2,1-6H3,(H,44,55)(H,45,52)(H,46,53)(H,47,54)(H4,41,42,43)(H,59,60,61)(H,62,63,64)/t20-,21-,22+,25?,26-,27-,28+,29+,30-,31?,32?/m0/s1. The van der Waals surface area contributed by atoms with Crippen LogP contribution < -0.4 is 32.7 Å². The molecular weight excluding hydrogens is 959 g/mol. The minimum atomic E-state index is -5.59. The molecule has 1 aromatic rings. The number of ether oxygens (including phenoxy) is 1. The first kappa shape index (κ1) is 57.6. The summed E-state index contributed by atoms with van der Waals surface area (Å²) in [5, 5.41) is 31.0. The Labute approximate surface area is 399 Å². The number of carbonyl (C=O) groups is 7. The molecule has 27 nitrogen and oxygen atoms in total. The number of aromatic hydroxyl groups is 1. The molecule has 0 aliphatic carbocycles. The number of rotatable bonds is 17. The first-order valence-electron chi connectivity index (χ1n) is 21.9. The predicted molar refractivity (Wildman–Crippen MR) is 240 cm³/mol. The maximum absolute atomic E-state index is 14.8. The first-order valence-corrected chi connectivity index (χ1v) is 24.6. The Hall–Kier alpha value is -5.72. The largest absolute Gasteiger partial charge is 0.508 e. The number of nitrogens with two attached hydrogens (primary N) is 2. The van der Waals surface area contributed by atoms with Gasteiger partial charge in [-0.1, -0.05) is 52.7 Å². The summed E-state index contributed by atoms with van der Waals surface area (Å²) in [6.45, 7) is 5.97. The number of hydrogen-bond acceptors (Lipinski definition) is 17. The van der Waals surface area contributed by atoms with Crippen molar-refractivity contribution in [3.05, 3.63) is 29.8 Å². The second kappa shape index (κ2) is 25.2. The molecule has 11 atom stereocenters. The van der Waals surface area contributed by atoms with Crippen molar-refractivity contribution in [3.63, 3.8) is 0 Å². The molecule has 3 unspecified atom stereocenters. The minimum Gasteiger partial charge on any atom is -0.508 e. The zero-order valence-corrected chi connectivity index (χ0v) is 40.5. The lowest BCUT2D eigenvalue weighted by Gasteiger charge is -2.44. The Morgan fingerprint density at radius 1 is 0.913 bits per heavy atom. The third-order valence-corrected chi connectivity index (χ3v) is 12.6.